The Hall–Kier alpha value is -1.08. The van der Waals surface area contributed by atoms with Gasteiger partial charge in [0.05, 0.1) is 22.6 Å². The number of hydrazine groups is 1. The molecule has 0 spiro atoms. The van der Waals surface area contributed by atoms with Crippen LogP contribution in [0.3, 0.4) is 0 Å². The van der Waals surface area contributed by atoms with E-state index in [0.717, 1.165) is 0 Å². The number of anilines is 1. The minimum atomic E-state index is -0.710. The summed E-state index contributed by atoms with van der Waals surface area (Å²) in [6, 6.07) is 4.93. The quantitative estimate of drug-likeness (QED) is 0.507. The van der Waals surface area contributed by atoms with Gasteiger partial charge in [-0.25, -0.2) is 0 Å². The summed E-state index contributed by atoms with van der Waals surface area (Å²) in [5, 5.41) is 12.9. The molecule has 0 bridgehead atoms. The van der Waals surface area contributed by atoms with Crippen LogP contribution in [0.1, 0.15) is 13.3 Å². The van der Waals surface area contributed by atoms with Gasteiger partial charge >= 0.3 is 0 Å². The molecule has 4 N–H and O–H groups in total. The average molecular weight is 322 g/mol. The minimum absolute atomic E-state index is 0.0115. The van der Waals surface area contributed by atoms with Crippen LogP contribution in [-0.2, 0) is 4.79 Å². The molecule has 0 aliphatic heterocycles. The van der Waals surface area contributed by atoms with Crippen LogP contribution in [0.5, 0.6) is 0 Å². The number of nitrogens with one attached hydrogen (secondary N) is 3. The third-order valence-corrected chi connectivity index (χ3v) is 2.92. The van der Waals surface area contributed by atoms with Gasteiger partial charge in [-0.3, -0.25) is 15.6 Å². The Bertz CT molecular complexity index is 483. The SMILES string of the molecule is C[C@@H](O)CC(=O)NNC(=S)Nc1ccc(Cl)c(Cl)c1. The number of halogens is 2. The van der Waals surface area contributed by atoms with Crippen molar-refractivity contribution < 1.29 is 9.90 Å². The molecule has 0 saturated carbocycles. The molecule has 104 valence electrons. The zero-order chi connectivity index (χ0) is 14.4. The molecule has 19 heavy (non-hydrogen) atoms. The lowest BCUT2D eigenvalue weighted by molar-refractivity contribution is -0.123. The Morgan fingerprint density at radius 3 is 2.63 bits per heavy atom. The first-order valence-corrected chi connectivity index (χ1v) is 6.54. The van der Waals surface area contributed by atoms with Crippen LogP contribution in [0.15, 0.2) is 18.2 Å². The molecule has 0 saturated heterocycles. The van der Waals surface area contributed by atoms with E-state index in [1.54, 1.807) is 18.2 Å². The van der Waals surface area contributed by atoms with E-state index in [0.29, 0.717) is 15.7 Å². The van der Waals surface area contributed by atoms with E-state index in [2.05, 4.69) is 16.2 Å². The highest BCUT2D eigenvalue weighted by atomic mass is 35.5. The normalized spacial score (nSPS) is 11.6. The molecule has 0 radical (unpaired) electrons. The van der Waals surface area contributed by atoms with Crippen LogP contribution >= 0.6 is 35.4 Å². The Morgan fingerprint density at radius 2 is 2.05 bits per heavy atom. The van der Waals surface area contributed by atoms with E-state index >= 15 is 0 Å². The van der Waals surface area contributed by atoms with Crippen LogP contribution in [-0.4, -0.2) is 22.2 Å². The molecule has 1 aromatic carbocycles. The Kier molecular flexibility index (Phi) is 6.30. The molecule has 1 amide bonds. The molecule has 0 unspecified atom stereocenters. The van der Waals surface area contributed by atoms with Crippen molar-refractivity contribution in [3.63, 3.8) is 0 Å². The second-order valence-corrected chi connectivity index (χ2v) is 5.03. The molecule has 1 atom stereocenters. The fourth-order valence-electron chi connectivity index (χ4n) is 1.18. The van der Waals surface area contributed by atoms with Crippen molar-refractivity contribution in [3.05, 3.63) is 28.2 Å². The van der Waals surface area contributed by atoms with Gasteiger partial charge in [0, 0.05) is 5.69 Å². The second kappa shape index (κ2) is 7.49. The number of rotatable bonds is 3. The highest BCUT2D eigenvalue weighted by Gasteiger charge is 2.06. The summed E-state index contributed by atoms with van der Waals surface area (Å²) in [6.45, 7) is 1.52. The molecular weight excluding hydrogens is 309 g/mol. The first-order valence-electron chi connectivity index (χ1n) is 5.37. The number of benzene rings is 1. The van der Waals surface area contributed by atoms with Gasteiger partial charge in [0.1, 0.15) is 0 Å². The lowest BCUT2D eigenvalue weighted by atomic mass is 10.3. The molecule has 5 nitrogen and oxygen atoms in total. The third-order valence-electron chi connectivity index (χ3n) is 1.97. The highest BCUT2D eigenvalue weighted by molar-refractivity contribution is 7.80. The predicted octanol–water partition coefficient (Wildman–Crippen LogP) is 2.08. The van der Waals surface area contributed by atoms with E-state index in [4.69, 9.17) is 40.5 Å². The van der Waals surface area contributed by atoms with Crippen LogP contribution in [0.25, 0.3) is 0 Å². The Morgan fingerprint density at radius 1 is 1.37 bits per heavy atom. The molecule has 0 heterocycles. The van der Waals surface area contributed by atoms with E-state index in [-0.39, 0.29) is 17.4 Å². The van der Waals surface area contributed by atoms with Gasteiger partial charge in [-0.15, -0.1) is 0 Å². The molecule has 8 heteroatoms. The number of thiocarbonyl (C=S) groups is 1. The number of aliphatic hydroxyl groups excluding tert-OH is 1. The molecule has 0 fully saturated rings. The average Bonchev–Trinajstić information content (AvgIpc) is 2.30. The van der Waals surface area contributed by atoms with E-state index in [1.807, 2.05) is 0 Å². The predicted molar refractivity (Wildman–Crippen MR) is 80.3 cm³/mol. The maximum absolute atomic E-state index is 11.2. The van der Waals surface area contributed by atoms with Crippen LogP contribution in [0.4, 0.5) is 5.69 Å². The smallest absolute Gasteiger partial charge is 0.240 e. The maximum atomic E-state index is 11.2. The zero-order valence-electron chi connectivity index (χ0n) is 10.0. The lowest BCUT2D eigenvalue weighted by Crippen LogP contribution is -2.44. The summed E-state index contributed by atoms with van der Waals surface area (Å²) in [6.07, 6.45) is -0.721. The monoisotopic (exact) mass is 321 g/mol. The number of carbonyl (C=O) groups excluding carboxylic acids is 1. The first-order chi connectivity index (χ1) is 8.88. The topological polar surface area (TPSA) is 73.4 Å². The van der Waals surface area contributed by atoms with Crippen molar-refractivity contribution in [2.75, 3.05) is 5.32 Å². The maximum Gasteiger partial charge on any atom is 0.240 e. The summed E-state index contributed by atoms with van der Waals surface area (Å²) in [5.74, 6) is -0.367. The fraction of sp³-hybridized carbons (Fsp3) is 0.273. The molecular formula is C11H13Cl2N3O2S. The number of hydrogen-bond acceptors (Lipinski definition) is 3. The van der Waals surface area contributed by atoms with Gasteiger partial charge in [-0.2, -0.15) is 0 Å². The molecule has 0 aliphatic carbocycles. The summed E-state index contributed by atoms with van der Waals surface area (Å²) in [5.41, 5.74) is 5.49. The van der Waals surface area contributed by atoms with Gasteiger partial charge in [-0.05, 0) is 37.3 Å². The molecule has 1 aromatic rings. The third kappa shape index (κ3) is 6.07. The number of carbonyl (C=O) groups is 1. The molecule has 0 aromatic heterocycles. The first kappa shape index (κ1) is 16.0. The summed E-state index contributed by atoms with van der Waals surface area (Å²) in [7, 11) is 0. The summed E-state index contributed by atoms with van der Waals surface area (Å²) < 4.78 is 0. The van der Waals surface area contributed by atoms with E-state index in [1.165, 1.54) is 6.92 Å². The zero-order valence-corrected chi connectivity index (χ0v) is 12.4. The van der Waals surface area contributed by atoms with E-state index in [9.17, 15) is 4.79 Å². The van der Waals surface area contributed by atoms with Gasteiger partial charge in [-0.1, -0.05) is 23.2 Å². The number of aliphatic hydroxyl groups is 1. The fourth-order valence-corrected chi connectivity index (χ4v) is 1.65. The van der Waals surface area contributed by atoms with Crippen molar-refractivity contribution in [1.29, 1.82) is 0 Å². The van der Waals surface area contributed by atoms with Gasteiger partial charge in [0.2, 0.25) is 5.91 Å². The number of hydrogen-bond donors (Lipinski definition) is 4. The molecule has 1 rings (SSSR count). The van der Waals surface area contributed by atoms with Crippen molar-refractivity contribution in [1.82, 2.24) is 10.9 Å². The van der Waals surface area contributed by atoms with E-state index < -0.39 is 6.10 Å². The van der Waals surface area contributed by atoms with Crippen molar-refractivity contribution in [3.8, 4) is 0 Å². The summed E-state index contributed by atoms with van der Waals surface area (Å²) >= 11 is 16.6. The van der Waals surface area contributed by atoms with Crippen molar-refractivity contribution in [2.45, 2.75) is 19.4 Å². The second-order valence-electron chi connectivity index (χ2n) is 3.81. The molecule has 0 aliphatic rings. The number of amides is 1. The standard InChI is InChI=1S/C11H13Cl2N3O2S/c1-6(17)4-10(18)15-16-11(19)14-7-2-3-8(12)9(13)5-7/h2-3,5-6,17H,4H2,1H3,(H,15,18)(H2,14,16,19)/t6-/m1/s1. The van der Waals surface area contributed by atoms with Crippen molar-refractivity contribution in [2.24, 2.45) is 0 Å². The Labute approximate surface area is 126 Å². The highest BCUT2D eigenvalue weighted by Crippen LogP contribution is 2.24. The Balaban J connectivity index is 2.43. The van der Waals surface area contributed by atoms with Crippen LogP contribution in [0, 0.1) is 0 Å². The lowest BCUT2D eigenvalue weighted by Gasteiger charge is -2.12. The van der Waals surface area contributed by atoms with Gasteiger partial charge < -0.3 is 10.4 Å². The summed E-state index contributed by atoms with van der Waals surface area (Å²) in [4.78, 5) is 11.2. The minimum Gasteiger partial charge on any atom is -0.393 e. The van der Waals surface area contributed by atoms with Crippen molar-refractivity contribution >= 4 is 52.1 Å². The largest absolute Gasteiger partial charge is 0.393 e. The van der Waals surface area contributed by atoms with Gasteiger partial charge in [0.15, 0.2) is 5.11 Å². The van der Waals surface area contributed by atoms with Gasteiger partial charge in [0.25, 0.3) is 0 Å². The van der Waals surface area contributed by atoms with Crippen LogP contribution in [0.2, 0.25) is 10.0 Å². The van der Waals surface area contributed by atoms with Crippen LogP contribution < -0.4 is 16.2 Å².